The molecule has 0 saturated carbocycles. The van der Waals surface area contributed by atoms with E-state index < -0.39 is 0 Å². The molecule has 0 bridgehead atoms. The summed E-state index contributed by atoms with van der Waals surface area (Å²) in [5, 5.41) is 6.15. The Labute approximate surface area is 100 Å². The average Bonchev–Trinajstić information content (AvgIpc) is 2.99. The molecule has 4 heteroatoms. The van der Waals surface area contributed by atoms with Gasteiger partial charge < -0.3 is 15.4 Å². The third-order valence-corrected chi connectivity index (χ3v) is 3.33. The van der Waals surface area contributed by atoms with E-state index in [9.17, 15) is 4.79 Å². The predicted octanol–water partition coefficient (Wildman–Crippen LogP) is 1.31. The molecule has 1 saturated heterocycles. The van der Waals surface area contributed by atoms with E-state index in [-0.39, 0.29) is 11.9 Å². The molecule has 2 N–H and O–H groups in total. The van der Waals surface area contributed by atoms with Crippen molar-refractivity contribution in [3.8, 4) is 5.75 Å². The predicted molar refractivity (Wildman–Crippen MR) is 65.3 cm³/mol. The first-order chi connectivity index (χ1) is 8.33. The van der Waals surface area contributed by atoms with Crippen LogP contribution in [0.15, 0.2) is 18.2 Å². The minimum atomic E-state index is -0.0282. The van der Waals surface area contributed by atoms with Crippen LogP contribution >= 0.6 is 0 Å². The number of benzene rings is 1. The van der Waals surface area contributed by atoms with Crippen LogP contribution in [0.2, 0.25) is 0 Å². The Morgan fingerprint density at radius 3 is 3.24 bits per heavy atom. The van der Waals surface area contributed by atoms with Crippen molar-refractivity contribution in [1.29, 1.82) is 0 Å². The number of ether oxygens (including phenoxy) is 1. The Hall–Kier alpha value is -1.55. The molecule has 0 unspecified atom stereocenters. The van der Waals surface area contributed by atoms with Crippen molar-refractivity contribution in [2.24, 2.45) is 0 Å². The molecule has 1 atom stereocenters. The fraction of sp³-hybridized carbons (Fsp3) is 0.462. The number of amides is 1. The van der Waals surface area contributed by atoms with Crippen LogP contribution in [-0.4, -0.2) is 25.1 Å². The number of carbonyl (C=O) groups is 1. The van der Waals surface area contributed by atoms with Crippen LogP contribution < -0.4 is 15.4 Å². The van der Waals surface area contributed by atoms with Crippen LogP contribution in [0.3, 0.4) is 0 Å². The molecule has 1 aromatic rings. The highest BCUT2D eigenvalue weighted by atomic mass is 16.5. The Kier molecular flexibility index (Phi) is 2.73. The molecule has 90 valence electrons. The highest BCUT2D eigenvalue weighted by Crippen LogP contribution is 2.27. The maximum atomic E-state index is 11.9. The lowest BCUT2D eigenvalue weighted by atomic mass is 10.1. The van der Waals surface area contributed by atoms with Gasteiger partial charge in [-0.05, 0) is 43.1 Å². The number of anilines is 1. The molecular weight excluding hydrogens is 216 g/mol. The minimum Gasteiger partial charge on any atom is -0.493 e. The van der Waals surface area contributed by atoms with Gasteiger partial charge in [0.05, 0.1) is 12.6 Å². The van der Waals surface area contributed by atoms with Crippen molar-refractivity contribution in [1.82, 2.24) is 5.32 Å². The summed E-state index contributed by atoms with van der Waals surface area (Å²) < 4.78 is 5.43. The number of fused-ring (bicyclic) bond motifs is 1. The molecule has 2 heterocycles. The Bertz CT molecular complexity index is 439. The number of carbonyl (C=O) groups excluding carboxylic acids is 1. The van der Waals surface area contributed by atoms with Crippen molar-refractivity contribution in [2.45, 2.75) is 25.3 Å². The van der Waals surface area contributed by atoms with Crippen molar-refractivity contribution < 1.29 is 9.53 Å². The molecule has 1 amide bonds. The van der Waals surface area contributed by atoms with Crippen LogP contribution in [0.1, 0.15) is 18.4 Å². The van der Waals surface area contributed by atoms with Crippen LogP contribution in [-0.2, 0) is 11.2 Å². The van der Waals surface area contributed by atoms with E-state index >= 15 is 0 Å². The van der Waals surface area contributed by atoms with Gasteiger partial charge >= 0.3 is 0 Å². The summed E-state index contributed by atoms with van der Waals surface area (Å²) in [6.45, 7) is 1.69. The Balaban J connectivity index is 1.70. The van der Waals surface area contributed by atoms with E-state index in [1.807, 2.05) is 18.2 Å². The zero-order valence-electron chi connectivity index (χ0n) is 9.66. The van der Waals surface area contributed by atoms with Gasteiger partial charge in [-0.2, -0.15) is 0 Å². The highest BCUT2D eigenvalue weighted by Gasteiger charge is 2.22. The quantitative estimate of drug-likeness (QED) is 0.808. The molecule has 4 nitrogen and oxygen atoms in total. The topological polar surface area (TPSA) is 50.4 Å². The van der Waals surface area contributed by atoms with Gasteiger partial charge in [0.1, 0.15) is 5.75 Å². The van der Waals surface area contributed by atoms with Gasteiger partial charge in [-0.25, -0.2) is 0 Å². The van der Waals surface area contributed by atoms with Crippen LogP contribution in [0.25, 0.3) is 0 Å². The van der Waals surface area contributed by atoms with Crippen LogP contribution in [0.5, 0.6) is 5.75 Å². The second-order valence-corrected chi connectivity index (χ2v) is 4.56. The molecule has 0 spiro atoms. The molecule has 1 aromatic carbocycles. The molecular formula is C13H16N2O2. The first kappa shape index (κ1) is 10.6. The summed E-state index contributed by atoms with van der Waals surface area (Å²) in [5.74, 6) is 1.02. The molecule has 2 aliphatic rings. The lowest BCUT2D eigenvalue weighted by Crippen LogP contribution is -2.35. The van der Waals surface area contributed by atoms with E-state index in [4.69, 9.17) is 4.74 Å². The van der Waals surface area contributed by atoms with Gasteiger partial charge in [-0.15, -0.1) is 0 Å². The molecule has 2 aliphatic heterocycles. The van der Waals surface area contributed by atoms with Crippen molar-refractivity contribution >= 4 is 11.6 Å². The summed E-state index contributed by atoms with van der Waals surface area (Å²) in [5.41, 5.74) is 2.05. The Morgan fingerprint density at radius 1 is 1.47 bits per heavy atom. The zero-order chi connectivity index (χ0) is 11.7. The molecule has 17 heavy (non-hydrogen) atoms. The summed E-state index contributed by atoms with van der Waals surface area (Å²) >= 11 is 0. The fourth-order valence-corrected chi connectivity index (χ4v) is 2.40. The fourth-order valence-electron chi connectivity index (χ4n) is 2.40. The minimum absolute atomic E-state index is 0.0282. The smallest absolute Gasteiger partial charge is 0.241 e. The summed E-state index contributed by atoms with van der Waals surface area (Å²) in [7, 11) is 0. The summed E-state index contributed by atoms with van der Waals surface area (Å²) in [6, 6.07) is 5.81. The maximum Gasteiger partial charge on any atom is 0.241 e. The Morgan fingerprint density at radius 2 is 2.41 bits per heavy atom. The molecule has 3 rings (SSSR count). The van der Waals surface area contributed by atoms with E-state index in [1.54, 1.807) is 0 Å². The van der Waals surface area contributed by atoms with E-state index in [1.165, 1.54) is 5.56 Å². The number of rotatable bonds is 2. The largest absolute Gasteiger partial charge is 0.493 e. The zero-order valence-corrected chi connectivity index (χ0v) is 9.66. The lowest BCUT2D eigenvalue weighted by molar-refractivity contribution is -0.117. The van der Waals surface area contributed by atoms with Crippen molar-refractivity contribution in [3.05, 3.63) is 23.8 Å². The average molecular weight is 232 g/mol. The van der Waals surface area contributed by atoms with E-state index in [0.29, 0.717) is 0 Å². The molecule has 1 fully saturated rings. The normalized spacial score (nSPS) is 22.0. The third-order valence-electron chi connectivity index (χ3n) is 3.33. The first-order valence-electron chi connectivity index (χ1n) is 6.13. The van der Waals surface area contributed by atoms with E-state index in [0.717, 1.165) is 43.9 Å². The first-order valence-corrected chi connectivity index (χ1v) is 6.13. The SMILES string of the molecule is O=C(Nc1ccc2c(c1)CCO2)[C@H]1CCCN1. The van der Waals surface area contributed by atoms with Crippen molar-refractivity contribution in [3.63, 3.8) is 0 Å². The van der Waals surface area contributed by atoms with Gasteiger partial charge in [-0.1, -0.05) is 0 Å². The second-order valence-electron chi connectivity index (χ2n) is 4.56. The van der Waals surface area contributed by atoms with Crippen LogP contribution in [0, 0.1) is 0 Å². The van der Waals surface area contributed by atoms with Gasteiger partial charge in [0, 0.05) is 12.1 Å². The summed E-state index contributed by atoms with van der Waals surface area (Å²) in [6.07, 6.45) is 2.94. The van der Waals surface area contributed by atoms with E-state index in [2.05, 4.69) is 10.6 Å². The van der Waals surface area contributed by atoms with Gasteiger partial charge in [0.15, 0.2) is 0 Å². The monoisotopic (exact) mass is 232 g/mol. The van der Waals surface area contributed by atoms with Gasteiger partial charge in [0.25, 0.3) is 0 Å². The standard InChI is InChI=1S/C13H16N2O2/c16-13(11-2-1-6-14-11)15-10-3-4-12-9(8-10)5-7-17-12/h3-4,8,11,14H,1-2,5-7H2,(H,15,16)/t11-/m1/s1. The number of hydrogen-bond acceptors (Lipinski definition) is 3. The molecule has 0 aliphatic carbocycles. The van der Waals surface area contributed by atoms with Crippen molar-refractivity contribution in [2.75, 3.05) is 18.5 Å². The molecule has 0 radical (unpaired) electrons. The van der Waals surface area contributed by atoms with Gasteiger partial charge in [-0.3, -0.25) is 4.79 Å². The molecule has 0 aromatic heterocycles. The summed E-state index contributed by atoms with van der Waals surface area (Å²) in [4.78, 5) is 11.9. The third kappa shape index (κ3) is 2.13. The second kappa shape index (κ2) is 4.37. The maximum absolute atomic E-state index is 11.9. The highest BCUT2D eigenvalue weighted by molar-refractivity contribution is 5.95. The van der Waals surface area contributed by atoms with Gasteiger partial charge in [0.2, 0.25) is 5.91 Å². The number of hydrogen-bond donors (Lipinski definition) is 2. The number of nitrogens with one attached hydrogen (secondary N) is 2. The van der Waals surface area contributed by atoms with Crippen LogP contribution in [0.4, 0.5) is 5.69 Å². The lowest BCUT2D eigenvalue weighted by Gasteiger charge is -2.11.